The van der Waals surface area contributed by atoms with Crippen LogP contribution in [0.25, 0.3) is 0 Å². The van der Waals surface area contributed by atoms with Gasteiger partial charge in [0, 0.05) is 76.1 Å². The van der Waals surface area contributed by atoms with Crippen LogP contribution in [0.5, 0.6) is 5.75 Å². The number of piperazine rings is 1. The standard InChI is InChI=1S/C26H32N4O3/c1-33-24-8-3-2-6-23(24)28-12-14-29(15-13-28)25(31)10-5-11-27-17-20-16-21(19-27)22-7-4-9-26(32)30(22)18-20/h2-10,20-21H,11-19H2,1H3. The Morgan fingerprint density at radius 2 is 1.85 bits per heavy atom. The number of aromatic nitrogens is 1. The highest BCUT2D eigenvalue weighted by atomic mass is 16.5. The molecule has 2 fully saturated rings. The van der Waals surface area contributed by atoms with Crippen molar-refractivity contribution in [3.05, 3.63) is 70.7 Å². The van der Waals surface area contributed by atoms with Gasteiger partial charge >= 0.3 is 0 Å². The molecule has 1 aromatic carbocycles. The summed E-state index contributed by atoms with van der Waals surface area (Å²) in [5.41, 5.74) is 2.37. The second kappa shape index (κ2) is 9.43. The van der Waals surface area contributed by atoms with Crippen molar-refractivity contribution in [2.24, 2.45) is 5.92 Å². The van der Waals surface area contributed by atoms with Crippen molar-refractivity contribution in [3.8, 4) is 5.75 Å². The minimum Gasteiger partial charge on any atom is -0.495 e. The van der Waals surface area contributed by atoms with Crippen molar-refractivity contribution in [1.29, 1.82) is 0 Å². The Morgan fingerprint density at radius 1 is 1.03 bits per heavy atom. The molecule has 2 unspecified atom stereocenters. The van der Waals surface area contributed by atoms with Crippen LogP contribution in [-0.4, -0.2) is 73.2 Å². The number of hydrogen-bond donors (Lipinski definition) is 0. The van der Waals surface area contributed by atoms with Crippen LogP contribution >= 0.6 is 0 Å². The van der Waals surface area contributed by atoms with Crippen molar-refractivity contribution < 1.29 is 9.53 Å². The Morgan fingerprint density at radius 3 is 2.67 bits per heavy atom. The van der Waals surface area contributed by atoms with Crippen molar-refractivity contribution >= 4 is 11.6 Å². The van der Waals surface area contributed by atoms with Crippen molar-refractivity contribution in [1.82, 2.24) is 14.4 Å². The lowest BCUT2D eigenvalue weighted by Gasteiger charge is -2.42. The zero-order valence-electron chi connectivity index (χ0n) is 19.2. The molecule has 33 heavy (non-hydrogen) atoms. The van der Waals surface area contributed by atoms with E-state index in [1.807, 2.05) is 39.8 Å². The molecule has 1 aromatic heterocycles. The van der Waals surface area contributed by atoms with E-state index in [2.05, 4.69) is 21.9 Å². The van der Waals surface area contributed by atoms with Crippen LogP contribution < -0.4 is 15.2 Å². The number of methoxy groups -OCH3 is 1. The number of anilines is 1. The van der Waals surface area contributed by atoms with Gasteiger partial charge in [-0.05, 0) is 30.5 Å². The van der Waals surface area contributed by atoms with E-state index in [1.54, 1.807) is 19.3 Å². The van der Waals surface area contributed by atoms with Gasteiger partial charge in [-0.2, -0.15) is 0 Å². The first kappa shape index (κ1) is 21.8. The van der Waals surface area contributed by atoms with Crippen LogP contribution in [0.3, 0.4) is 0 Å². The number of pyridine rings is 1. The molecule has 7 heteroatoms. The van der Waals surface area contributed by atoms with E-state index in [1.165, 1.54) is 0 Å². The predicted octanol–water partition coefficient (Wildman–Crippen LogP) is 2.18. The van der Waals surface area contributed by atoms with Gasteiger partial charge < -0.3 is 19.1 Å². The number of para-hydroxylation sites is 2. The van der Waals surface area contributed by atoms with E-state index in [0.29, 0.717) is 24.9 Å². The third-order valence-electron chi connectivity index (χ3n) is 7.20. The Balaban J connectivity index is 1.13. The molecule has 1 amide bonds. The van der Waals surface area contributed by atoms with Gasteiger partial charge in [-0.25, -0.2) is 0 Å². The van der Waals surface area contributed by atoms with Crippen LogP contribution in [0.15, 0.2) is 59.4 Å². The largest absolute Gasteiger partial charge is 0.495 e. The maximum Gasteiger partial charge on any atom is 0.250 e. The minimum absolute atomic E-state index is 0.0868. The number of ether oxygens (including phenoxy) is 1. The lowest BCUT2D eigenvalue weighted by molar-refractivity contribution is -0.126. The number of amides is 1. The fraction of sp³-hybridized carbons (Fsp3) is 0.462. The van der Waals surface area contributed by atoms with Crippen LogP contribution in [0.1, 0.15) is 18.0 Å². The SMILES string of the molecule is COc1ccccc1N1CCN(C(=O)C=CCN2CC3CC(C2)c2cccc(=O)n2C3)CC1. The first-order chi connectivity index (χ1) is 16.1. The molecule has 0 saturated carbocycles. The van der Waals surface area contributed by atoms with E-state index in [0.717, 1.165) is 62.8 Å². The van der Waals surface area contributed by atoms with Gasteiger partial charge in [0.2, 0.25) is 5.91 Å². The molecule has 3 aliphatic rings. The van der Waals surface area contributed by atoms with Crippen LogP contribution in [0.2, 0.25) is 0 Å². The van der Waals surface area contributed by atoms with Crippen molar-refractivity contribution in [3.63, 3.8) is 0 Å². The number of hydrogen-bond acceptors (Lipinski definition) is 5. The number of benzene rings is 1. The van der Waals surface area contributed by atoms with Crippen molar-refractivity contribution in [2.75, 3.05) is 57.8 Å². The molecule has 0 spiro atoms. The summed E-state index contributed by atoms with van der Waals surface area (Å²) in [6.45, 7) is 6.52. The van der Waals surface area contributed by atoms with E-state index >= 15 is 0 Å². The topological polar surface area (TPSA) is 58.0 Å². The first-order valence-electron chi connectivity index (χ1n) is 11.9. The number of carbonyl (C=O) groups is 1. The molecule has 174 valence electrons. The highest BCUT2D eigenvalue weighted by Gasteiger charge is 2.34. The molecule has 0 radical (unpaired) electrons. The molecular weight excluding hydrogens is 416 g/mol. The molecule has 7 nitrogen and oxygen atoms in total. The second-order valence-corrected chi connectivity index (χ2v) is 9.30. The lowest BCUT2D eigenvalue weighted by Crippen LogP contribution is -2.48. The van der Waals surface area contributed by atoms with Gasteiger partial charge in [0.15, 0.2) is 0 Å². The molecule has 5 rings (SSSR count). The molecule has 2 aromatic rings. The van der Waals surface area contributed by atoms with E-state index in [-0.39, 0.29) is 11.5 Å². The molecule has 4 heterocycles. The normalized spacial score (nSPS) is 22.9. The highest BCUT2D eigenvalue weighted by molar-refractivity contribution is 5.87. The summed E-state index contributed by atoms with van der Waals surface area (Å²) in [5, 5.41) is 0. The van der Waals surface area contributed by atoms with E-state index < -0.39 is 0 Å². The summed E-state index contributed by atoms with van der Waals surface area (Å²) < 4.78 is 7.44. The highest BCUT2D eigenvalue weighted by Crippen LogP contribution is 2.34. The zero-order chi connectivity index (χ0) is 22.8. The maximum absolute atomic E-state index is 12.7. The fourth-order valence-corrected chi connectivity index (χ4v) is 5.61. The van der Waals surface area contributed by atoms with Gasteiger partial charge in [0.1, 0.15) is 5.75 Å². The lowest BCUT2D eigenvalue weighted by atomic mass is 9.83. The number of piperidine rings is 1. The average molecular weight is 449 g/mol. The van der Waals surface area contributed by atoms with E-state index in [4.69, 9.17) is 4.74 Å². The van der Waals surface area contributed by atoms with Crippen LogP contribution in [0, 0.1) is 5.92 Å². The smallest absolute Gasteiger partial charge is 0.250 e. The quantitative estimate of drug-likeness (QED) is 0.657. The summed E-state index contributed by atoms with van der Waals surface area (Å²) in [6, 6.07) is 13.7. The summed E-state index contributed by atoms with van der Waals surface area (Å²) >= 11 is 0. The molecule has 3 aliphatic heterocycles. The first-order valence-corrected chi connectivity index (χ1v) is 11.9. The van der Waals surface area contributed by atoms with Gasteiger partial charge in [-0.3, -0.25) is 14.5 Å². The number of fused-ring (bicyclic) bond motifs is 4. The van der Waals surface area contributed by atoms with Crippen LogP contribution in [-0.2, 0) is 11.3 Å². The van der Waals surface area contributed by atoms with Crippen molar-refractivity contribution in [2.45, 2.75) is 18.9 Å². The van der Waals surface area contributed by atoms with Gasteiger partial charge in [0.25, 0.3) is 5.56 Å². The molecular formula is C26H32N4O3. The molecule has 0 N–H and O–H groups in total. The Bertz CT molecular complexity index is 1090. The minimum atomic E-state index is 0.0868. The van der Waals surface area contributed by atoms with Crippen LogP contribution in [0.4, 0.5) is 5.69 Å². The maximum atomic E-state index is 12.7. The Labute approximate surface area is 194 Å². The van der Waals surface area contributed by atoms with Gasteiger partial charge in [0.05, 0.1) is 12.8 Å². The van der Waals surface area contributed by atoms with Gasteiger partial charge in [-0.1, -0.05) is 24.3 Å². The van der Waals surface area contributed by atoms with Gasteiger partial charge in [-0.15, -0.1) is 0 Å². The molecule has 2 saturated heterocycles. The number of nitrogens with zero attached hydrogens (tertiary/aromatic N) is 4. The summed E-state index contributed by atoms with van der Waals surface area (Å²) in [6.07, 6.45) is 4.90. The molecule has 0 aliphatic carbocycles. The molecule has 2 atom stereocenters. The summed E-state index contributed by atoms with van der Waals surface area (Å²) in [5.74, 6) is 1.86. The third-order valence-corrected chi connectivity index (χ3v) is 7.20. The number of carbonyl (C=O) groups excluding carboxylic acids is 1. The number of rotatable bonds is 5. The predicted molar refractivity (Wildman–Crippen MR) is 129 cm³/mol. The van der Waals surface area contributed by atoms with E-state index in [9.17, 15) is 9.59 Å². The average Bonchev–Trinajstić information content (AvgIpc) is 2.85. The monoisotopic (exact) mass is 448 g/mol. The second-order valence-electron chi connectivity index (χ2n) is 9.30. The summed E-state index contributed by atoms with van der Waals surface area (Å²) in [7, 11) is 1.69. The zero-order valence-corrected chi connectivity index (χ0v) is 19.2. The summed E-state index contributed by atoms with van der Waals surface area (Å²) in [4.78, 5) is 31.6. The number of likely N-dealkylation sites (tertiary alicyclic amines) is 1. The fourth-order valence-electron chi connectivity index (χ4n) is 5.61. The Hall–Kier alpha value is -3.06. The Kier molecular flexibility index (Phi) is 6.22. The molecule has 2 bridgehead atoms. The third kappa shape index (κ3) is 4.55.